The highest BCUT2D eigenvalue weighted by Gasteiger charge is 2.20. The van der Waals surface area contributed by atoms with Crippen LogP contribution in [0.2, 0.25) is 0 Å². The molecule has 0 saturated heterocycles. The Hall–Kier alpha value is -4.20. The maximum absolute atomic E-state index is 12.4. The molecule has 0 bridgehead atoms. The maximum atomic E-state index is 12.4. The summed E-state index contributed by atoms with van der Waals surface area (Å²) in [5.74, 6) is -0.534. The number of para-hydroxylation sites is 2. The third kappa shape index (κ3) is 6.40. The maximum Gasteiger partial charge on any atom is 0.310 e. The Balaban J connectivity index is 1.51. The number of anilines is 2. The van der Waals surface area contributed by atoms with Gasteiger partial charge in [-0.3, -0.25) is 19.7 Å². The van der Waals surface area contributed by atoms with Gasteiger partial charge in [-0.1, -0.05) is 42.5 Å². The summed E-state index contributed by atoms with van der Waals surface area (Å²) < 4.78 is 5.47. The fraction of sp³-hybridized carbons (Fsp3) is 0.167. The van der Waals surface area contributed by atoms with Crippen LogP contribution >= 0.6 is 0 Å². The number of carbonyl (C=O) groups excluding carboxylic acids is 2. The lowest BCUT2D eigenvalue weighted by molar-refractivity contribution is -0.386. The summed E-state index contributed by atoms with van der Waals surface area (Å²) in [6.45, 7) is 1.51. The first-order chi connectivity index (χ1) is 15.4. The van der Waals surface area contributed by atoms with E-state index >= 15 is 0 Å². The van der Waals surface area contributed by atoms with Crippen molar-refractivity contribution in [3.05, 3.63) is 94.5 Å². The van der Waals surface area contributed by atoms with Gasteiger partial charge in [-0.05, 0) is 49.2 Å². The average Bonchev–Trinajstić information content (AvgIpc) is 2.80. The second-order valence-corrected chi connectivity index (χ2v) is 7.09. The van der Waals surface area contributed by atoms with E-state index in [1.165, 1.54) is 25.1 Å². The Morgan fingerprint density at radius 2 is 1.50 bits per heavy atom. The molecular formula is C24H23N3O5. The molecule has 164 valence electrons. The standard InChI is InChI=1S/C24H23N3O5/c1-17(32-22-10-6-5-9-21(22)27(30)31)24(29)26-20-14-12-19(13-15-20)25-23(28)16-11-18-7-3-2-4-8-18/h2-10,12-15,17H,11,16H2,1H3,(H,25,28)(H,26,29). The molecule has 0 heterocycles. The topological polar surface area (TPSA) is 111 Å². The summed E-state index contributed by atoms with van der Waals surface area (Å²) in [6.07, 6.45) is 0.0646. The lowest BCUT2D eigenvalue weighted by Crippen LogP contribution is -2.30. The zero-order valence-electron chi connectivity index (χ0n) is 17.5. The van der Waals surface area contributed by atoms with Crippen LogP contribution in [0.25, 0.3) is 0 Å². The van der Waals surface area contributed by atoms with Crippen LogP contribution in [0.15, 0.2) is 78.9 Å². The first-order valence-electron chi connectivity index (χ1n) is 10.1. The number of amides is 2. The average molecular weight is 433 g/mol. The molecule has 0 aliphatic carbocycles. The molecule has 0 radical (unpaired) electrons. The minimum absolute atomic E-state index is 0.0220. The number of rotatable bonds is 9. The molecule has 2 amide bonds. The lowest BCUT2D eigenvalue weighted by atomic mass is 10.1. The van der Waals surface area contributed by atoms with E-state index in [1.54, 1.807) is 30.3 Å². The molecule has 0 saturated carbocycles. The van der Waals surface area contributed by atoms with E-state index in [-0.39, 0.29) is 17.3 Å². The van der Waals surface area contributed by atoms with Gasteiger partial charge in [-0.15, -0.1) is 0 Å². The number of hydrogen-bond acceptors (Lipinski definition) is 5. The zero-order valence-corrected chi connectivity index (χ0v) is 17.5. The van der Waals surface area contributed by atoms with Crippen molar-refractivity contribution >= 4 is 28.9 Å². The summed E-state index contributed by atoms with van der Waals surface area (Å²) in [6, 6.07) is 22.3. The third-order valence-electron chi connectivity index (χ3n) is 4.65. The van der Waals surface area contributed by atoms with Crippen LogP contribution in [0, 0.1) is 10.1 Å². The highest BCUT2D eigenvalue weighted by molar-refractivity contribution is 5.95. The number of nitro benzene ring substituents is 1. The number of aryl methyl sites for hydroxylation is 1. The molecule has 0 fully saturated rings. The number of ether oxygens (including phenoxy) is 1. The molecule has 0 aliphatic rings. The van der Waals surface area contributed by atoms with E-state index in [1.807, 2.05) is 30.3 Å². The van der Waals surface area contributed by atoms with Crippen molar-refractivity contribution in [1.29, 1.82) is 0 Å². The second kappa shape index (κ2) is 10.7. The van der Waals surface area contributed by atoms with Gasteiger partial charge in [0.25, 0.3) is 5.91 Å². The van der Waals surface area contributed by atoms with Gasteiger partial charge in [0.05, 0.1) is 4.92 Å². The van der Waals surface area contributed by atoms with Crippen LogP contribution in [0.5, 0.6) is 5.75 Å². The largest absolute Gasteiger partial charge is 0.474 e. The Kier molecular flexibility index (Phi) is 7.53. The van der Waals surface area contributed by atoms with Crippen LogP contribution in [0.4, 0.5) is 17.1 Å². The van der Waals surface area contributed by atoms with Crippen molar-refractivity contribution < 1.29 is 19.2 Å². The number of nitrogens with one attached hydrogen (secondary N) is 2. The van der Waals surface area contributed by atoms with Gasteiger partial charge in [0.15, 0.2) is 11.9 Å². The number of nitrogens with zero attached hydrogens (tertiary/aromatic N) is 1. The monoisotopic (exact) mass is 433 g/mol. The van der Waals surface area contributed by atoms with Crippen molar-refractivity contribution in [2.45, 2.75) is 25.9 Å². The smallest absolute Gasteiger partial charge is 0.310 e. The molecule has 0 aliphatic heterocycles. The van der Waals surface area contributed by atoms with E-state index in [2.05, 4.69) is 10.6 Å². The van der Waals surface area contributed by atoms with Crippen molar-refractivity contribution in [1.82, 2.24) is 0 Å². The van der Waals surface area contributed by atoms with Crippen molar-refractivity contribution in [2.24, 2.45) is 0 Å². The van der Waals surface area contributed by atoms with Gasteiger partial charge < -0.3 is 15.4 Å². The fourth-order valence-corrected chi connectivity index (χ4v) is 2.96. The van der Waals surface area contributed by atoms with E-state index in [0.29, 0.717) is 24.2 Å². The second-order valence-electron chi connectivity index (χ2n) is 7.09. The highest BCUT2D eigenvalue weighted by atomic mass is 16.6. The molecule has 3 aromatic carbocycles. The normalized spacial score (nSPS) is 11.3. The Morgan fingerprint density at radius 3 is 2.16 bits per heavy atom. The predicted octanol–water partition coefficient (Wildman–Crippen LogP) is 4.57. The number of nitro groups is 1. The van der Waals surface area contributed by atoms with Crippen molar-refractivity contribution in [3.8, 4) is 5.75 Å². The van der Waals surface area contributed by atoms with Gasteiger partial charge in [-0.2, -0.15) is 0 Å². The summed E-state index contributed by atoms with van der Waals surface area (Å²) >= 11 is 0. The van der Waals surface area contributed by atoms with Gasteiger partial charge >= 0.3 is 5.69 Å². The van der Waals surface area contributed by atoms with Gasteiger partial charge in [0.1, 0.15) is 0 Å². The molecule has 1 atom stereocenters. The number of benzene rings is 3. The molecule has 32 heavy (non-hydrogen) atoms. The van der Waals surface area contributed by atoms with Gasteiger partial charge in [-0.25, -0.2) is 0 Å². The van der Waals surface area contributed by atoms with Crippen molar-refractivity contribution in [3.63, 3.8) is 0 Å². The summed E-state index contributed by atoms with van der Waals surface area (Å²) in [4.78, 5) is 35.1. The number of carbonyl (C=O) groups is 2. The molecule has 8 heteroatoms. The van der Waals surface area contributed by atoms with Gasteiger partial charge in [0, 0.05) is 23.9 Å². The summed E-state index contributed by atoms with van der Waals surface area (Å²) in [5, 5.41) is 16.6. The molecule has 3 rings (SSSR count). The minimum atomic E-state index is -0.950. The molecule has 2 N–H and O–H groups in total. The highest BCUT2D eigenvalue weighted by Crippen LogP contribution is 2.27. The Bertz CT molecular complexity index is 1080. The van der Waals surface area contributed by atoms with E-state index in [0.717, 1.165) is 5.56 Å². The van der Waals surface area contributed by atoms with E-state index in [4.69, 9.17) is 4.74 Å². The van der Waals surface area contributed by atoms with Gasteiger partial charge in [0.2, 0.25) is 5.91 Å². The quantitative estimate of drug-likeness (QED) is 0.379. The molecule has 3 aromatic rings. The van der Waals surface area contributed by atoms with E-state index < -0.39 is 16.9 Å². The first-order valence-corrected chi connectivity index (χ1v) is 10.1. The summed E-state index contributed by atoms with van der Waals surface area (Å²) in [7, 11) is 0. The lowest BCUT2D eigenvalue weighted by Gasteiger charge is -2.15. The Labute approximate surface area is 185 Å². The SMILES string of the molecule is CC(Oc1ccccc1[N+](=O)[O-])C(=O)Nc1ccc(NC(=O)CCc2ccccc2)cc1. The number of hydrogen-bond donors (Lipinski definition) is 2. The molecule has 0 aromatic heterocycles. The Morgan fingerprint density at radius 1 is 0.906 bits per heavy atom. The fourth-order valence-electron chi connectivity index (χ4n) is 2.96. The van der Waals surface area contributed by atoms with Crippen molar-refractivity contribution in [2.75, 3.05) is 10.6 Å². The molecule has 1 unspecified atom stereocenters. The van der Waals surface area contributed by atoms with Crippen LogP contribution in [-0.4, -0.2) is 22.8 Å². The predicted molar refractivity (Wildman–Crippen MR) is 122 cm³/mol. The molecule has 0 spiro atoms. The van der Waals surface area contributed by atoms with E-state index in [9.17, 15) is 19.7 Å². The van der Waals surface area contributed by atoms with Crippen LogP contribution in [-0.2, 0) is 16.0 Å². The third-order valence-corrected chi connectivity index (χ3v) is 4.65. The zero-order chi connectivity index (χ0) is 22.9. The van der Waals surface area contributed by atoms with Crippen LogP contribution in [0.1, 0.15) is 18.9 Å². The van der Waals surface area contributed by atoms with Crippen LogP contribution < -0.4 is 15.4 Å². The first kappa shape index (κ1) is 22.5. The molecular weight excluding hydrogens is 410 g/mol. The summed E-state index contributed by atoms with van der Waals surface area (Å²) in [5.41, 5.74) is 2.01. The van der Waals surface area contributed by atoms with Crippen LogP contribution in [0.3, 0.4) is 0 Å². The molecule has 8 nitrogen and oxygen atoms in total. The minimum Gasteiger partial charge on any atom is -0.474 e.